The summed E-state index contributed by atoms with van der Waals surface area (Å²) in [6.45, 7) is 6.63. The second-order valence-electron chi connectivity index (χ2n) is 3.59. The second-order valence-corrected chi connectivity index (χ2v) is 4.87. The second kappa shape index (κ2) is 20.0. The highest BCUT2D eigenvalue weighted by Gasteiger charge is 1.95. The van der Waals surface area contributed by atoms with Crippen molar-refractivity contribution < 1.29 is 5.48 Å². The lowest BCUT2D eigenvalue weighted by atomic mass is 10.2. The lowest BCUT2D eigenvalue weighted by Gasteiger charge is -1.96. The summed E-state index contributed by atoms with van der Waals surface area (Å²) in [5, 5.41) is 0. The Bertz CT molecular complexity index is 83.7. The van der Waals surface area contributed by atoms with Crippen LogP contribution in [0.1, 0.15) is 72.1 Å². The summed E-state index contributed by atoms with van der Waals surface area (Å²) < 4.78 is 0. The van der Waals surface area contributed by atoms with Crippen molar-refractivity contribution in [2.24, 2.45) is 0 Å². The Hall–Kier alpha value is 0.540. The molecule has 0 bridgehead atoms. The molecule has 3 heteroatoms. The third-order valence-electron chi connectivity index (χ3n) is 1.98. The summed E-state index contributed by atoms with van der Waals surface area (Å²) in [4.78, 5) is -0.151. The molecule has 0 aliphatic rings. The Morgan fingerprint density at radius 2 is 1.07 bits per heavy atom. The van der Waals surface area contributed by atoms with Crippen LogP contribution >= 0.6 is 23.2 Å². The molecule has 0 rings (SSSR count). The Morgan fingerprint density at radius 1 is 0.733 bits per heavy atom. The van der Waals surface area contributed by atoms with Gasteiger partial charge < -0.3 is 5.48 Å². The fraction of sp³-hybridized carbons (Fsp3) is 1.00. The maximum atomic E-state index is 5.48. The summed E-state index contributed by atoms with van der Waals surface area (Å²) >= 11 is 11.0. The van der Waals surface area contributed by atoms with Crippen LogP contribution in [0.4, 0.5) is 0 Å². The van der Waals surface area contributed by atoms with E-state index in [9.17, 15) is 0 Å². The minimum absolute atomic E-state index is 0. The van der Waals surface area contributed by atoms with Gasteiger partial charge in [0.15, 0.2) is 0 Å². The van der Waals surface area contributed by atoms with Gasteiger partial charge in [0.25, 0.3) is 0 Å². The fourth-order valence-electron chi connectivity index (χ4n) is 1.05. The van der Waals surface area contributed by atoms with E-state index in [-0.39, 0.29) is 10.3 Å². The molecule has 0 aromatic heterocycles. The Kier molecular flexibility index (Phi) is 27.9. The zero-order valence-corrected chi connectivity index (χ0v) is 12.0. The van der Waals surface area contributed by atoms with Crippen LogP contribution in [-0.4, -0.2) is 10.3 Å². The molecular formula is C12H28Cl2O. The lowest BCUT2D eigenvalue weighted by Crippen LogP contribution is -1.84. The van der Waals surface area contributed by atoms with Crippen LogP contribution in [0, 0.1) is 0 Å². The van der Waals surface area contributed by atoms with Gasteiger partial charge in [-0.2, -0.15) is 0 Å². The number of halogens is 2. The molecule has 96 valence electrons. The quantitative estimate of drug-likeness (QED) is 0.448. The first-order valence-corrected chi connectivity index (χ1v) is 6.84. The third kappa shape index (κ3) is 31.4. The maximum Gasteiger partial charge on any atom is 0.107 e. The van der Waals surface area contributed by atoms with Gasteiger partial charge in [-0.3, -0.25) is 0 Å². The van der Waals surface area contributed by atoms with Crippen LogP contribution in [-0.2, 0) is 0 Å². The van der Waals surface area contributed by atoms with E-state index in [1.165, 1.54) is 38.5 Å². The molecule has 1 nitrogen and oxygen atoms in total. The molecule has 0 atom stereocenters. The molecule has 0 aliphatic heterocycles. The number of unbranched alkanes of at least 4 members (excludes halogenated alkanes) is 5. The highest BCUT2D eigenvalue weighted by molar-refractivity contribution is 6.44. The fourth-order valence-corrected chi connectivity index (χ4v) is 1.36. The van der Waals surface area contributed by atoms with E-state index in [0.29, 0.717) is 0 Å². The molecule has 0 aromatic carbocycles. The first-order chi connectivity index (χ1) is 6.68. The lowest BCUT2D eigenvalue weighted by molar-refractivity contribution is 0.692. The van der Waals surface area contributed by atoms with Crippen LogP contribution in [0.25, 0.3) is 0 Å². The van der Waals surface area contributed by atoms with Crippen molar-refractivity contribution in [3.05, 3.63) is 0 Å². The summed E-state index contributed by atoms with van der Waals surface area (Å²) in [7, 11) is 0. The highest BCUT2D eigenvalue weighted by Crippen LogP contribution is 2.11. The van der Waals surface area contributed by atoms with E-state index in [4.69, 9.17) is 23.2 Å². The van der Waals surface area contributed by atoms with Gasteiger partial charge in [0.1, 0.15) is 4.84 Å². The van der Waals surface area contributed by atoms with Crippen LogP contribution in [0.2, 0.25) is 0 Å². The highest BCUT2D eigenvalue weighted by atomic mass is 35.5. The molecule has 0 amide bonds. The van der Waals surface area contributed by atoms with E-state index >= 15 is 0 Å². The van der Waals surface area contributed by atoms with Crippen molar-refractivity contribution in [3.8, 4) is 0 Å². The van der Waals surface area contributed by atoms with E-state index in [0.717, 1.165) is 12.8 Å². The van der Waals surface area contributed by atoms with Gasteiger partial charge in [0.05, 0.1) is 0 Å². The van der Waals surface area contributed by atoms with Crippen molar-refractivity contribution in [3.63, 3.8) is 0 Å². The SMILES string of the molecule is CCCCCC.CCCCCC(Cl)Cl.O. The number of alkyl halides is 2. The van der Waals surface area contributed by atoms with Gasteiger partial charge in [-0.25, -0.2) is 0 Å². The van der Waals surface area contributed by atoms with Gasteiger partial charge in [-0.1, -0.05) is 65.7 Å². The number of hydrogen-bond donors (Lipinski definition) is 0. The predicted octanol–water partition coefficient (Wildman–Crippen LogP) is 5.13. The van der Waals surface area contributed by atoms with Crippen molar-refractivity contribution in [1.82, 2.24) is 0 Å². The Labute approximate surface area is 106 Å². The average molecular weight is 259 g/mol. The molecule has 0 saturated heterocycles. The molecule has 0 saturated carbocycles. The van der Waals surface area contributed by atoms with E-state index in [1.807, 2.05) is 0 Å². The first kappa shape index (κ1) is 20.9. The molecule has 0 aliphatic carbocycles. The van der Waals surface area contributed by atoms with Crippen molar-refractivity contribution >= 4 is 23.2 Å². The molecule has 15 heavy (non-hydrogen) atoms. The van der Waals surface area contributed by atoms with Gasteiger partial charge in [0, 0.05) is 0 Å². The maximum absolute atomic E-state index is 5.48. The summed E-state index contributed by atoms with van der Waals surface area (Å²) in [6, 6.07) is 0. The standard InChI is InChI=1S/C6H12Cl2.C6H14.H2O/c1-2-3-4-5-6(7)8;1-3-5-6-4-2;/h6H,2-5H2,1H3;3-6H2,1-2H3;1H2. The Balaban J connectivity index is -0.000000187. The van der Waals surface area contributed by atoms with Gasteiger partial charge in [0.2, 0.25) is 0 Å². The molecular weight excluding hydrogens is 231 g/mol. The van der Waals surface area contributed by atoms with E-state index in [1.54, 1.807) is 0 Å². The molecule has 0 spiro atoms. The third-order valence-corrected chi connectivity index (χ3v) is 2.42. The zero-order chi connectivity index (χ0) is 11.2. The van der Waals surface area contributed by atoms with Gasteiger partial charge >= 0.3 is 0 Å². The largest absolute Gasteiger partial charge is 0.412 e. The predicted molar refractivity (Wildman–Crippen MR) is 73.1 cm³/mol. The van der Waals surface area contributed by atoms with Gasteiger partial charge in [-0.05, 0) is 6.42 Å². The molecule has 0 fully saturated rings. The molecule has 0 radical (unpaired) electrons. The molecule has 0 aromatic rings. The Morgan fingerprint density at radius 3 is 1.33 bits per heavy atom. The summed E-state index contributed by atoms with van der Waals surface area (Å²) in [5.41, 5.74) is 0. The van der Waals surface area contributed by atoms with E-state index < -0.39 is 0 Å². The molecule has 0 unspecified atom stereocenters. The smallest absolute Gasteiger partial charge is 0.107 e. The molecule has 0 heterocycles. The van der Waals surface area contributed by atoms with Crippen molar-refractivity contribution in [2.75, 3.05) is 0 Å². The number of rotatable bonds is 7. The van der Waals surface area contributed by atoms with Crippen molar-refractivity contribution in [2.45, 2.75) is 77.0 Å². The van der Waals surface area contributed by atoms with Crippen molar-refractivity contribution in [1.29, 1.82) is 0 Å². The normalized spacial score (nSPS) is 9.20. The topological polar surface area (TPSA) is 31.5 Å². The molecule has 2 N–H and O–H groups in total. The van der Waals surface area contributed by atoms with Crippen LogP contribution in [0.15, 0.2) is 0 Å². The van der Waals surface area contributed by atoms with Gasteiger partial charge in [-0.15, -0.1) is 23.2 Å². The van der Waals surface area contributed by atoms with E-state index in [2.05, 4.69) is 20.8 Å². The van der Waals surface area contributed by atoms with Crippen LogP contribution < -0.4 is 0 Å². The minimum atomic E-state index is -0.151. The first-order valence-electron chi connectivity index (χ1n) is 5.97. The zero-order valence-electron chi connectivity index (χ0n) is 10.5. The monoisotopic (exact) mass is 258 g/mol. The van der Waals surface area contributed by atoms with Crippen LogP contribution in [0.3, 0.4) is 0 Å². The average Bonchev–Trinajstić information content (AvgIpc) is 2.16. The van der Waals surface area contributed by atoms with Crippen LogP contribution in [0.5, 0.6) is 0 Å². The number of hydrogen-bond acceptors (Lipinski definition) is 0. The summed E-state index contributed by atoms with van der Waals surface area (Å²) in [6.07, 6.45) is 10.1. The minimum Gasteiger partial charge on any atom is -0.412 e. The summed E-state index contributed by atoms with van der Waals surface area (Å²) in [5.74, 6) is 0.